The predicted molar refractivity (Wildman–Crippen MR) is 75.3 cm³/mol. The lowest BCUT2D eigenvalue weighted by molar-refractivity contribution is 0.0950. The number of benzene rings is 1. The normalized spacial score (nSPS) is 10.4. The average molecular weight is 276 g/mol. The fraction of sp³-hybridized carbons (Fsp3) is 0.308. The zero-order chi connectivity index (χ0) is 13.5. The first kappa shape index (κ1) is 13.6. The third kappa shape index (κ3) is 3.82. The van der Waals surface area contributed by atoms with E-state index < -0.39 is 0 Å². The van der Waals surface area contributed by atoms with Crippen molar-refractivity contribution in [2.45, 2.75) is 17.7 Å². The van der Waals surface area contributed by atoms with Crippen molar-refractivity contribution in [3.8, 4) is 0 Å². The number of carbonyl (C=O) groups excluding carboxylic acids is 1. The van der Waals surface area contributed by atoms with Crippen LogP contribution in [0.15, 0.2) is 35.5 Å². The molecule has 1 heterocycles. The lowest BCUT2D eigenvalue weighted by Crippen LogP contribution is -2.25. The molecule has 0 atom stereocenters. The summed E-state index contributed by atoms with van der Waals surface area (Å²) >= 11 is 1.58. The van der Waals surface area contributed by atoms with Gasteiger partial charge < -0.3 is 5.32 Å². The lowest BCUT2D eigenvalue weighted by Gasteiger charge is -2.07. The van der Waals surface area contributed by atoms with Crippen LogP contribution in [0.1, 0.15) is 22.6 Å². The van der Waals surface area contributed by atoms with Gasteiger partial charge in [0.25, 0.3) is 5.91 Å². The van der Waals surface area contributed by atoms with Gasteiger partial charge in [0.2, 0.25) is 0 Å². The van der Waals surface area contributed by atoms with Crippen molar-refractivity contribution in [3.05, 3.63) is 42.0 Å². The van der Waals surface area contributed by atoms with Gasteiger partial charge >= 0.3 is 0 Å². The van der Waals surface area contributed by atoms with Crippen LogP contribution >= 0.6 is 11.8 Å². The maximum absolute atomic E-state index is 12.0. The molecule has 5 nitrogen and oxygen atoms in total. The summed E-state index contributed by atoms with van der Waals surface area (Å²) in [6.07, 6.45) is 5.07. The molecule has 0 saturated carbocycles. The summed E-state index contributed by atoms with van der Waals surface area (Å²) < 4.78 is 0. The molecule has 0 aliphatic heterocycles. The molecule has 0 fully saturated rings. The summed E-state index contributed by atoms with van der Waals surface area (Å²) in [5, 5.41) is 9.50. The molecule has 2 aromatic rings. The van der Waals surface area contributed by atoms with Crippen LogP contribution < -0.4 is 5.32 Å². The second kappa shape index (κ2) is 6.94. The number of thioether (sulfide) groups is 1. The topological polar surface area (TPSA) is 70.7 Å². The Labute approximate surface area is 116 Å². The number of hydrogen-bond acceptors (Lipinski definition) is 4. The first-order chi connectivity index (χ1) is 9.31. The van der Waals surface area contributed by atoms with Crippen LogP contribution in [0, 0.1) is 0 Å². The molecule has 0 bridgehead atoms. The maximum atomic E-state index is 12.0. The molecule has 19 heavy (non-hydrogen) atoms. The Morgan fingerprint density at radius 1 is 1.42 bits per heavy atom. The van der Waals surface area contributed by atoms with Gasteiger partial charge in [0.15, 0.2) is 0 Å². The molecule has 0 radical (unpaired) electrons. The van der Waals surface area contributed by atoms with Crippen molar-refractivity contribution < 1.29 is 4.79 Å². The number of carbonyl (C=O) groups is 1. The number of nitrogens with one attached hydrogen (secondary N) is 2. The standard InChI is InChI=1S/C13H16N4OS/c1-19-11-6-3-2-5-10(11)13(18)14-8-4-7-12-15-9-16-17-12/h2-3,5-6,9H,4,7-8H2,1H3,(H,14,18)(H,15,16,17). The monoisotopic (exact) mass is 276 g/mol. The molecule has 2 N–H and O–H groups in total. The molecule has 6 heteroatoms. The Bertz CT molecular complexity index is 527. The number of rotatable bonds is 6. The smallest absolute Gasteiger partial charge is 0.252 e. The molecular weight excluding hydrogens is 260 g/mol. The Kier molecular flexibility index (Phi) is 4.97. The molecule has 1 aromatic carbocycles. The second-order valence-electron chi connectivity index (χ2n) is 3.99. The van der Waals surface area contributed by atoms with E-state index in [0.717, 1.165) is 29.1 Å². The van der Waals surface area contributed by atoms with Crippen molar-refractivity contribution in [3.63, 3.8) is 0 Å². The fourth-order valence-corrected chi connectivity index (χ4v) is 2.33. The minimum absolute atomic E-state index is 0.0254. The highest BCUT2D eigenvalue weighted by molar-refractivity contribution is 7.98. The molecule has 0 saturated heterocycles. The molecule has 1 amide bonds. The van der Waals surface area contributed by atoms with E-state index in [9.17, 15) is 4.79 Å². The van der Waals surface area contributed by atoms with Gasteiger partial charge in [0.1, 0.15) is 12.2 Å². The summed E-state index contributed by atoms with van der Waals surface area (Å²) in [7, 11) is 0. The summed E-state index contributed by atoms with van der Waals surface area (Å²) in [5.41, 5.74) is 0.731. The Morgan fingerprint density at radius 2 is 2.26 bits per heavy atom. The second-order valence-corrected chi connectivity index (χ2v) is 4.84. The molecule has 1 aromatic heterocycles. The van der Waals surface area contributed by atoms with Crippen LogP contribution in [-0.2, 0) is 6.42 Å². The third-order valence-corrected chi connectivity index (χ3v) is 3.49. The number of aromatic nitrogens is 3. The van der Waals surface area contributed by atoms with Gasteiger partial charge in [-0.05, 0) is 24.8 Å². The number of H-pyrrole nitrogens is 1. The molecule has 0 spiro atoms. The van der Waals surface area contributed by atoms with E-state index in [1.165, 1.54) is 6.33 Å². The average Bonchev–Trinajstić information content (AvgIpc) is 2.96. The van der Waals surface area contributed by atoms with E-state index in [4.69, 9.17) is 0 Å². The number of aryl methyl sites for hydroxylation is 1. The maximum Gasteiger partial charge on any atom is 0.252 e. The van der Waals surface area contributed by atoms with Gasteiger partial charge in [0.05, 0.1) is 5.56 Å². The molecular formula is C13H16N4OS. The van der Waals surface area contributed by atoms with Crippen LogP contribution in [0.25, 0.3) is 0 Å². The van der Waals surface area contributed by atoms with E-state index >= 15 is 0 Å². The van der Waals surface area contributed by atoms with Gasteiger partial charge in [-0.3, -0.25) is 9.89 Å². The molecule has 100 valence electrons. The van der Waals surface area contributed by atoms with Gasteiger partial charge in [0, 0.05) is 17.9 Å². The highest BCUT2D eigenvalue weighted by Crippen LogP contribution is 2.19. The SMILES string of the molecule is CSc1ccccc1C(=O)NCCCc1ncn[nH]1. The van der Waals surface area contributed by atoms with Crippen LogP contribution in [0.3, 0.4) is 0 Å². The highest BCUT2D eigenvalue weighted by Gasteiger charge is 2.09. The van der Waals surface area contributed by atoms with Gasteiger partial charge in [-0.1, -0.05) is 12.1 Å². The van der Waals surface area contributed by atoms with Crippen LogP contribution in [0.5, 0.6) is 0 Å². The first-order valence-corrected chi connectivity index (χ1v) is 7.29. The quantitative estimate of drug-likeness (QED) is 0.624. The van der Waals surface area contributed by atoms with E-state index in [2.05, 4.69) is 20.5 Å². The summed E-state index contributed by atoms with van der Waals surface area (Å²) in [4.78, 5) is 17.1. The number of nitrogens with zero attached hydrogens (tertiary/aromatic N) is 2. The van der Waals surface area contributed by atoms with Crippen molar-refractivity contribution in [2.75, 3.05) is 12.8 Å². The van der Waals surface area contributed by atoms with E-state index in [1.54, 1.807) is 11.8 Å². The molecule has 2 rings (SSSR count). The Balaban J connectivity index is 1.81. The van der Waals surface area contributed by atoms with Crippen molar-refractivity contribution in [1.29, 1.82) is 0 Å². The van der Waals surface area contributed by atoms with E-state index in [0.29, 0.717) is 6.54 Å². The minimum atomic E-state index is -0.0254. The van der Waals surface area contributed by atoms with Crippen LogP contribution in [0.4, 0.5) is 0 Å². The summed E-state index contributed by atoms with van der Waals surface area (Å²) in [6.45, 7) is 0.627. The number of hydrogen-bond donors (Lipinski definition) is 2. The third-order valence-electron chi connectivity index (χ3n) is 2.69. The molecule has 0 aliphatic carbocycles. The number of aromatic amines is 1. The van der Waals surface area contributed by atoms with Gasteiger partial charge in [-0.2, -0.15) is 5.10 Å². The zero-order valence-corrected chi connectivity index (χ0v) is 11.5. The van der Waals surface area contributed by atoms with Crippen molar-refractivity contribution in [2.24, 2.45) is 0 Å². The van der Waals surface area contributed by atoms with E-state index in [-0.39, 0.29) is 5.91 Å². The fourth-order valence-electron chi connectivity index (χ4n) is 1.74. The minimum Gasteiger partial charge on any atom is -0.352 e. The first-order valence-electron chi connectivity index (χ1n) is 6.06. The van der Waals surface area contributed by atoms with Gasteiger partial charge in [-0.25, -0.2) is 4.98 Å². The number of amides is 1. The van der Waals surface area contributed by atoms with Crippen molar-refractivity contribution >= 4 is 17.7 Å². The van der Waals surface area contributed by atoms with Gasteiger partial charge in [-0.15, -0.1) is 11.8 Å². The van der Waals surface area contributed by atoms with E-state index in [1.807, 2.05) is 30.5 Å². The van der Waals surface area contributed by atoms with Crippen LogP contribution in [0.2, 0.25) is 0 Å². The summed E-state index contributed by atoms with van der Waals surface area (Å²) in [5.74, 6) is 0.821. The lowest BCUT2D eigenvalue weighted by atomic mass is 10.2. The molecule has 0 unspecified atom stereocenters. The van der Waals surface area contributed by atoms with Crippen molar-refractivity contribution in [1.82, 2.24) is 20.5 Å². The molecule has 0 aliphatic rings. The predicted octanol–water partition coefficient (Wildman–Crippen LogP) is 1.89. The highest BCUT2D eigenvalue weighted by atomic mass is 32.2. The van der Waals surface area contributed by atoms with Crippen LogP contribution in [-0.4, -0.2) is 33.9 Å². The zero-order valence-electron chi connectivity index (χ0n) is 10.7. The summed E-state index contributed by atoms with van der Waals surface area (Å²) in [6, 6.07) is 7.61. The largest absolute Gasteiger partial charge is 0.352 e. The Morgan fingerprint density at radius 3 is 3.00 bits per heavy atom. The Hall–Kier alpha value is -1.82.